The molecule has 1 amide bonds. The number of hydrogen-bond acceptors (Lipinski definition) is 3. The third-order valence-electron chi connectivity index (χ3n) is 3.87. The molecule has 2 aliphatic rings. The van der Waals surface area contributed by atoms with Gasteiger partial charge in [-0.05, 0) is 26.7 Å². The smallest absolute Gasteiger partial charge is 0.240 e. The van der Waals surface area contributed by atoms with Gasteiger partial charge in [-0.1, -0.05) is 0 Å². The molecule has 1 aliphatic carbocycles. The molecule has 0 bridgehead atoms. The summed E-state index contributed by atoms with van der Waals surface area (Å²) in [5.41, 5.74) is -0.427. The summed E-state index contributed by atoms with van der Waals surface area (Å²) in [6, 6.07) is 0.402. The first-order chi connectivity index (χ1) is 7.51. The van der Waals surface area contributed by atoms with Crippen molar-refractivity contribution >= 4 is 11.7 Å². The maximum Gasteiger partial charge on any atom is 0.240 e. The van der Waals surface area contributed by atoms with E-state index < -0.39 is 5.54 Å². The van der Waals surface area contributed by atoms with Gasteiger partial charge in [0.1, 0.15) is 5.78 Å². The molecule has 1 aliphatic heterocycles. The highest BCUT2D eigenvalue weighted by atomic mass is 16.2. The van der Waals surface area contributed by atoms with Gasteiger partial charge in [0, 0.05) is 32.0 Å². The third kappa shape index (κ3) is 1.98. The molecule has 1 heterocycles. The maximum atomic E-state index is 11.8. The number of carbonyl (C=O) groups is 2. The van der Waals surface area contributed by atoms with E-state index in [0.29, 0.717) is 24.7 Å². The lowest BCUT2D eigenvalue weighted by Crippen LogP contribution is -2.64. The Bertz CT molecular complexity index is 302. The molecule has 4 heteroatoms. The molecule has 0 unspecified atom stereocenters. The fraction of sp³-hybridized carbons (Fsp3) is 0.833. The Morgan fingerprint density at radius 3 is 2.50 bits per heavy atom. The number of hydrogen-bond donors (Lipinski definition) is 1. The average molecular weight is 224 g/mol. The molecular weight excluding hydrogens is 204 g/mol. The van der Waals surface area contributed by atoms with Gasteiger partial charge < -0.3 is 5.32 Å². The normalized spacial score (nSPS) is 27.9. The van der Waals surface area contributed by atoms with Gasteiger partial charge in [0.15, 0.2) is 0 Å². The largest absolute Gasteiger partial charge is 0.353 e. The SMILES string of the molecule is CC1(C)C(=O)NCCN1C1CCC(=O)CC1. The van der Waals surface area contributed by atoms with Crippen LogP contribution in [0.3, 0.4) is 0 Å². The molecule has 4 nitrogen and oxygen atoms in total. The number of nitrogens with zero attached hydrogens (tertiary/aromatic N) is 1. The zero-order chi connectivity index (χ0) is 11.8. The van der Waals surface area contributed by atoms with E-state index in [0.717, 1.165) is 25.9 Å². The highest BCUT2D eigenvalue weighted by molar-refractivity contribution is 5.86. The lowest BCUT2D eigenvalue weighted by atomic mass is 9.88. The molecule has 0 radical (unpaired) electrons. The summed E-state index contributed by atoms with van der Waals surface area (Å²) in [5.74, 6) is 0.478. The maximum absolute atomic E-state index is 11.8. The number of rotatable bonds is 1. The molecule has 2 fully saturated rings. The zero-order valence-electron chi connectivity index (χ0n) is 10.1. The van der Waals surface area contributed by atoms with Crippen molar-refractivity contribution in [2.45, 2.75) is 51.1 Å². The molecular formula is C12H20N2O2. The van der Waals surface area contributed by atoms with Crippen LogP contribution in [-0.2, 0) is 9.59 Å². The monoisotopic (exact) mass is 224 g/mol. The van der Waals surface area contributed by atoms with Crippen molar-refractivity contribution in [2.75, 3.05) is 13.1 Å². The first-order valence-corrected chi connectivity index (χ1v) is 6.08. The van der Waals surface area contributed by atoms with Crippen molar-refractivity contribution in [1.29, 1.82) is 0 Å². The van der Waals surface area contributed by atoms with Crippen molar-refractivity contribution in [3.8, 4) is 0 Å². The van der Waals surface area contributed by atoms with E-state index in [1.807, 2.05) is 13.8 Å². The molecule has 0 aromatic rings. The minimum atomic E-state index is -0.427. The van der Waals surface area contributed by atoms with Crippen LogP contribution in [-0.4, -0.2) is 41.3 Å². The van der Waals surface area contributed by atoms with Gasteiger partial charge in [0.05, 0.1) is 5.54 Å². The van der Waals surface area contributed by atoms with Crippen molar-refractivity contribution in [2.24, 2.45) is 0 Å². The Morgan fingerprint density at radius 1 is 1.25 bits per heavy atom. The van der Waals surface area contributed by atoms with Gasteiger partial charge in [-0.2, -0.15) is 0 Å². The number of piperazine rings is 1. The Kier molecular flexibility index (Phi) is 3.02. The van der Waals surface area contributed by atoms with Crippen LogP contribution < -0.4 is 5.32 Å². The molecule has 16 heavy (non-hydrogen) atoms. The van der Waals surface area contributed by atoms with Crippen LogP contribution >= 0.6 is 0 Å². The topological polar surface area (TPSA) is 49.4 Å². The molecule has 90 valence electrons. The van der Waals surface area contributed by atoms with Gasteiger partial charge in [0.2, 0.25) is 5.91 Å². The molecule has 0 aromatic heterocycles. The van der Waals surface area contributed by atoms with Gasteiger partial charge in [-0.15, -0.1) is 0 Å². The molecule has 1 saturated carbocycles. The number of nitrogens with one attached hydrogen (secondary N) is 1. The second-order valence-corrected chi connectivity index (χ2v) is 5.28. The van der Waals surface area contributed by atoms with Gasteiger partial charge in [-0.25, -0.2) is 0 Å². The van der Waals surface area contributed by atoms with Crippen molar-refractivity contribution in [3.63, 3.8) is 0 Å². The van der Waals surface area contributed by atoms with Gasteiger partial charge in [0.25, 0.3) is 0 Å². The van der Waals surface area contributed by atoms with Crippen LogP contribution in [0.2, 0.25) is 0 Å². The van der Waals surface area contributed by atoms with Crippen LogP contribution in [0.15, 0.2) is 0 Å². The highest BCUT2D eigenvalue weighted by Crippen LogP contribution is 2.28. The molecule has 0 spiro atoms. The predicted octanol–water partition coefficient (Wildman–Crippen LogP) is 0.708. The summed E-state index contributed by atoms with van der Waals surface area (Å²) in [7, 11) is 0. The molecule has 1 N–H and O–H groups in total. The fourth-order valence-corrected chi connectivity index (χ4v) is 2.79. The van der Waals surface area contributed by atoms with E-state index >= 15 is 0 Å². The first kappa shape index (κ1) is 11.6. The first-order valence-electron chi connectivity index (χ1n) is 6.08. The molecule has 2 rings (SSSR count). The zero-order valence-corrected chi connectivity index (χ0v) is 10.1. The Hall–Kier alpha value is -0.900. The second kappa shape index (κ2) is 4.17. The van der Waals surface area contributed by atoms with E-state index in [4.69, 9.17) is 0 Å². The van der Waals surface area contributed by atoms with Crippen LogP contribution in [0.4, 0.5) is 0 Å². The predicted molar refractivity (Wildman–Crippen MR) is 61.1 cm³/mol. The van der Waals surface area contributed by atoms with E-state index in [1.165, 1.54) is 0 Å². The second-order valence-electron chi connectivity index (χ2n) is 5.28. The van der Waals surface area contributed by atoms with Crippen LogP contribution in [0.5, 0.6) is 0 Å². The lowest BCUT2D eigenvalue weighted by Gasteiger charge is -2.46. The summed E-state index contributed by atoms with van der Waals surface area (Å²) in [4.78, 5) is 25.3. The van der Waals surface area contributed by atoms with E-state index in [9.17, 15) is 9.59 Å². The Balaban J connectivity index is 2.07. The van der Waals surface area contributed by atoms with Crippen molar-refractivity contribution in [1.82, 2.24) is 10.2 Å². The van der Waals surface area contributed by atoms with E-state index in [2.05, 4.69) is 10.2 Å². The van der Waals surface area contributed by atoms with Crippen molar-refractivity contribution < 1.29 is 9.59 Å². The van der Waals surface area contributed by atoms with Crippen LogP contribution in [0, 0.1) is 0 Å². The molecule has 0 atom stereocenters. The average Bonchev–Trinajstić information content (AvgIpc) is 2.24. The van der Waals surface area contributed by atoms with E-state index in [-0.39, 0.29) is 5.91 Å². The third-order valence-corrected chi connectivity index (χ3v) is 3.87. The van der Waals surface area contributed by atoms with Crippen LogP contribution in [0.25, 0.3) is 0 Å². The number of ketones is 1. The minimum Gasteiger partial charge on any atom is -0.353 e. The summed E-state index contributed by atoms with van der Waals surface area (Å²) < 4.78 is 0. The number of amides is 1. The fourth-order valence-electron chi connectivity index (χ4n) is 2.79. The number of Topliss-reactive ketones (excluding diaryl/α,β-unsaturated/α-hetero) is 1. The Labute approximate surface area is 96.4 Å². The Morgan fingerprint density at radius 2 is 1.88 bits per heavy atom. The van der Waals surface area contributed by atoms with Gasteiger partial charge >= 0.3 is 0 Å². The summed E-state index contributed by atoms with van der Waals surface area (Å²) in [6.07, 6.45) is 3.18. The van der Waals surface area contributed by atoms with E-state index in [1.54, 1.807) is 0 Å². The quantitative estimate of drug-likeness (QED) is 0.713. The van der Waals surface area contributed by atoms with Gasteiger partial charge in [-0.3, -0.25) is 14.5 Å². The lowest BCUT2D eigenvalue weighted by molar-refractivity contribution is -0.138. The molecule has 0 aromatic carbocycles. The summed E-state index contributed by atoms with van der Waals surface area (Å²) >= 11 is 0. The van der Waals surface area contributed by atoms with Crippen LogP contribution in [0.1, 0.15) is 39.5 Å². The van der Waals surface area contributed by atoms with Crippen molar-refractivity contribution in [3.05, 3.63) is 0 Å². The highest BCUT2D eigenvalue weighted by Gasteiger charge is 2.41. The minimum absolute atomic E-state index is 0.107. The standard InChI is InChI=1S/C12H20N2O2/c1-12(2)11(16)13-7-8-14(12)9-3-5-10(15)6-4-9/h9H,3-8H2,1-2H3,(H,13,16). The number of carbonyl (C=O) groups excluding carboxylic acids is 2. The summed E-state index contributed by atoms with van der Waals surface area (Å²) in [5, 5.41) is 2.90. The molecule has 1 saturated heterocycles. The summed E-state index contributed by atoms with van der Waals surface area (Å²) in [6.45, 7) is 5.57.